The van der Waals surface area contributed by atoms with E-state index < -0.39 is 0 Å². The van der Waals surface area contributed by atoms with E-state index in [1.165, 1.54) is 6.54 Å². The van der Waals surface area contributed by atoms with Crippen LogP contribution in [0.1, 0.15) is 48.5 Å². The largest absolute Gasteiger partial charge is 0.311 e. The van der Waals surface area contributed by atoms with Crippen molar-refractivity contribution in [3.8, 4) is 0 Å². The summed E-state index contributed by atoms with van der Waals surface area (Å²) in [7, 11) is 0. The lowest BCUT2D eigenvalue weighted by molar-refractivity contribution is 0.0232. The molecular weight excluding hydrogens is 196 g/mol. The van der Waals surface area contributed by atoms with Crippen molar-refractivity contribution in [1.29, 1.82) is 0 Å². The lowest BCUT2D eigenvalue weighted by atomic mass is 9.82. The lowest BCUT2D eigenvalue weighted by Gasteiger charge is -2.49. The van der Waals surface area contributed by atoms with Crippen LogP contribution in [-0.2, 0) is 0 Å². The van der Waals surface area contributed by atoms with E-state index in [1.54, 1.807) is 0 Å². The zero-order valence-corrected chi connectivity index (χ0v) is 12.2. The van der Waals surface area contributed by atoms with Crippen molar-refractivity contribution >= 4 is 0 Å². The summed E-state index contributed by atoms with van der Waals surface area (Å²) in [6, 6.07) is 1.95. The molecule has 2 unspecified atom stereocenters. The van der Waals surface area contributed by atoms with Gasteiger partial charge in [0.15, 0.2) is 0 Å². The summed E-state index contributed by atoms with van der Waals surface area (Å²) >= 11 is 0. The monoisotopic (exact) mass is 226 g/mol. The van der Waals surface area contributed by atoms with Gasteiger partial charge in [0.2, 0.25) is 0 Å². The van der Waals surface area contributed by atoms with E-state index in [-0.39, 0.29) is 0 Å². The molecule has 1 aliphatic rings. The standard InChI is InChI=1S/C14H30N2/c1-10(2)12-9-16(11(3)4)13(8-15-12)14(5,6)7/h10-13,15H,8-9H2,1-7H3. The number of nitrogens with one attached hydrogen (secondary N) is 1. The first-order valence-electron chi connectivity index (χ1n) is 6.72. The minimum absolute atomic E-state index is 0.360. The molecule has 2 atom stereocenters. The predicted molar refractivity (Wildman–Crippen MR) is 71.7 cm³/mol. The van der Waals surface area contributed by atoms with Gasteiger partial charge in [-0.1, -0.05) is 34.6 Å². The molecule has 1 N–H and O–H groups in total. The second-order valence-electron chi connectivity index (χ2n) is 6.93. The molecule has 1 heterocycles. The summed E-state index contributed by atoms with van der Waals surface area (Å²) in [5.41, 5.74) is 0.360. The third kappa shape index (κ3) is 3.21. The summed E-state index contributed by atoms with van der Waals surface area (Å²) in [6.07, 6.45) is 0. The fraction of sp³-hybridized carbons (Fsp3) is 1.00. The third-order valence-electron chi connectivity index (χ3n) is 3.85. The summed E-state index contributed by atoms with van der Waals surface area (Å²) in [5.74, 6) is 0.724. The molecule has 0 spiro atoms. The van der Waals surface area contributed by atoms with Crippen LogP contribution >= 0.6 is 0 Å². The van der Waals surface area contributed by atoms with Gasteiger partial charge in [-0.25, -0.2) is 0 Å². The smallest absolute Gasteiger partial charge is 0.0272 e. The molecule has 0 aromatic carbocycles. The Labute approximate surface area is 102 Å². The van der Waals surface area contributed by atoms with Crippen molar-refractivity contribution in [2.45, 2.75) is 66.6 Å². The van der Waals surface area contributed by atoms with Crippen LogP contribution in [-0.4, -0.2) is 36.1 Å². The number of hydrogen-bond donors (Lipinski definition) is 1. The molecule has 16 heavy (non-hydrogen) atoms. The van der Waals surface area contributed by atoms with Crippen molar-refractivity contribution in [3.63, 3.8) is 0 Å². The number of piperazine rings is 1. The number of rotatable bonds is 2. The molecule has 0 aromatic heterocycles. The van der Waals surface area contributed by atoms with Crippen LogP contribution < -0.4 is 5.32 Å². The Hall–Kier alpha value is -0.0800. The van der Waals surface area contributed by atoms with Gasteiger partial charge in [0, 0.05) is 31.2 Å². The Morgan fingerprint density at radius 1 is 1.12 bits per heavy atom. The van der Waals surface area contributed by atoms with Crippen molar-refractivity contribution in [2.24, 2.45) is 11.3 Å². The molecule has 1 fully saturated rings. The van der Waals surface area contributed by atoms with E-state index >= 15 is 0 Å². The Kier molecular flexibility index (Phi) is 4.42. The van der Waals surface area contributed by atoms with E-state index in [4.69, 9.17) is 0 Å². The molecule has 0 saturated carbocycles. The molecule has 1 saturated heterocycles. The minimum atomic E-state index is 0.360. The van der Waals surface area contributed by atoms with Gasteiger partial charge in [-0.3, -0.25) is 4.90 Å². The van der Waals surface area contributed by atoms with Gasteiger partial charge in [0.1, 0.15) is 0 Å². The molecule has 2 heteroatoms. The molecule has 0 aliphatic carbocycles. The first-order chi connectivity index (χ1) is 7.23. The summed E-state index contributed by atoms with van der Waals surface area (Å²) in [4.78, 5) is 2.68. The van der Waals surface area contributed by atoms with Crippen molar-refractivity contribution in [3.05, 3.63) is 0 Å². The highest BCUT2D eigenvalue weighted by atomic mass is 15.3. The average Bonchev–Trinajstić information content (AvgIpc) is 2.15. The fourth-order valence-corrected chi connectivity index (χ4v) is 2.62. The van der Waals surface area contributed by atoms with Crippen molar-refractivity contribution in [1.82, 2.24) is 10.2 Å². The molecule has 0 amide bonds. The Morgan fingerprint density at radius 3 is 2.06 bits per heavy atom. The highest BCUT2D eigenvalue weighted by Gasteiger charge is 2.37. The summed E-state index contributed by atoms with van der Waals surface area (Å²) in [5, 5.41) is 3.72. The van der Waals surface area contributed by atoms with E-state index in [9.17, 15) is 0 Å². The maximum Gasteiger partial charge on any atom is 0.0272 e. The molecule has 1 aliphatic heterocycles. The maximum absolute atomic E-state index is 3.72. The van der Waals surface area contributed by atoms with Crippen molar-refractivity contribution < 1.29 is 0 Å². The van der Waals surface area contributed by atoms with Crippen LogP contribution in [0.5, 0.6) is 0 Å². The van der Waals surface area contributed by atoms with Gasteiger partial charge >= 0.3 is 0 Å². The van der Waals surface area contributed by atoms with Gasteiger partial charge in [0.05, 0.1) is 0 Å². The lowest BCUT2D eigenvalue weighted by Crippen LogP contribution is -2.63. The molecule has 0 bridgehead atoms. The third-order valence-corrected chi connectivity index (χ3v) is 3.85. The number of nitrogens with zero attached hydrogens (tertiary/aromatic N) is 1. The van der Waals surface area contributed by atoms with E-state index in [1.807, 2.05) is 0 Å². The van der Waals surface area contributed by atoms with Gasteiger partial charge in [-0.05, 0) is 25.2 Å². The SMILES string of the molecule is CC(C)C1CN(C(C)C)C(C(C)(C)C)CN1. The highest BCUT2D eigenvalue weighted by molar-refractivity contribution is 4.94. The van der Waals surface area contributed by atoms with Crippen LogP contribution in [0.15, 0.2) is 0 Å². The molecular formula is C14H30N2. The molecule has 0 radical (unpaired) electrons. The Morgan fingerprint density at radius 2 is 1.69 bits per heavy atom. The highest BCUT2D eigenvalue weighted by Crippen LogP contribution is 2.28. The molecule has 2 nitrogen and oxygen atoms in total. The number of hydrogen-bond acceptors (Lipinski definition) is 2. The normalized spacial score (nSPS) is 29.1. The van der Waals surface area contributed by atoms with Crippen LogP contribution in [0.4, 0.5) is 0 Å². The predicted octanol–water partition coefficient (Wildman–Crippen LogP) is 2.74. The summed E-state index contributed by atoms with van der Waals surface area (Å²) in [6.45, 7) is 18.6. The quantitative estimate of drug-likeness (QED) is 0.779. The molecule has 96 valence electrons. The van der Waals surface area contributed by atoms with Crippen LogP contribution in [0.25, 0.3) is 0 Å². The van der Waals surface area contributed by atoms with Gasteiger partial charge in [-0.15, -0.1) is 0 Å². The zero-order chi connectivity index (χ0) is 12.5. The van der Waals surface area contributed by atoms with E-state index in [0.29, 0.717) is 23.5 Å². The first-order valence-corrected chi connectivity index (χ1v) is 6.72. The fourth-order valence-electron chi connectivity index (χ4n) is 2.62. The Balaban J connectivity index is 2.76. The van der Waals surface area contributed by atoms with E-state index in [0.717, 1.165) is 12.5 Å². The Bertz CT molecular complexity index is 215. The van der Waals surface area contributed by atoms with E-state index in [2.05, 4.69) is 58.7 Å². The van der Waals surface area contributed by atoms with Gasteiger partial charge in [-0.2, -0.15) is 0 Å². The second kappa shape index (κ2) is 5.05. The second-order valence-corrected chi connectivity index (χ2v) is 6.93. The van der Waals surface area contributed by atoms with Crippen LogP contribution in [0.2, 0.25) is 0 Å². The molecule has 1 rings (SSSR count). The topological polar surface area (TPSA) is 15.3 Å². The summed E-state index contributed by atoms with van der Waals surface area (Å²) < 4.78 is 0. The average molecular weight is 226 g/mol. The van der Waals surface area contributed by atoms with Crippen molar-refractivity contribution in [2.75, 3.05) is 13.1 Å². The van der Waals surface area contributed by atoms with Crippen LogP contribution in [0.3, 0.4) is 0 Å². The van der Waals surface area contributed by atoms with Crippen LogP contribution in [0, 0.1) is 11.3 Å². The zero-order valence-electron chi connectivity index (χ0n) is 12.2. The van der Waals surface area contributed by atoms with Gasteiger partial charge < -0.3 is 5.32 Å². The van der Waals surface area contributed by atoms with Gasteiger partial charge in [0.25, 0.3) is 0 Å². The molecule has 0 aromatic rings. The minimum Gasteiger partial charge on any atom is -0.311 e. The maximum atomic E-state index is 3.72. The first kappa shape index (κ1) is 14.0.